The number of aromatic nitrogens is 1. The number of nitrogens with zero attached hydrogens (tertiary/aromatic N) is 2. The van der Waals surface area contributed by atoms with Crippen LogP contribution >= 0.6 is 0 Å². The molecule has 13 rings (SSSR count). The first-order valence-corrected chi connectivity index (χ1v) is 22.9. The van der Waals surface area contributed by atoms with Gasteiger partial charge in [0.05, 0.1) is 11.0 Å². The molecule has 67 heavy (non-hydrogen) atoms. The van der Waals surface area contributed by atoms with Gasteiger partial charge in [0, 0.05) is 44.3 Å². The van der Waals surface area contributed by atoms with Crippen LogP contribution in [-0.2, 0) is 0 Å². The largest absolute Gasteiger partial charge is 0.456 e. The Morgan fingerprint density at radius 2 is 0.776 bits per heavy atom. The molecule has 3 nitrogen and oxygen atoms in total. The molecule has 0 atom stereocenters. The van der Waals surface area contributed by atoms with E-state index in [9.17, 15) is 0 Å². The van der Waals surface area contributed by atoms with E-state index in [1.54, 1.807) is 0 Å². The van der Waals surface area contributed by atoms with Gasteiger partial charge in [0.25, 0.3) is 0 Å². The Morgan fingerprint density at radius 1 is 0.299 bits per heavy atom. The van der Waals surface area contributed by atoms with Crippen LogP contribution in [0, 0.1) is 0 Å². The smallest absolute Gasteiger partial charge is 0.136 e. The SMILES string of the molecule is c1cc(-c2cccc3ccccc23)cc(N(c2ccc(-c3ccc(-c4ccc(-n5c6ccccc6c6ccccc65)cc4)cc3)cc2)c2ccc(-c3cccc4oc5ccccc5c34)cc2)c1. The molecular formula is C64H42N2O. The topological polar surface area (TPSA) is 21.3 Å². The highest BCUT2D eigenvalue weighted by Crippen LogP contribution is 2.42. The number of fused-ring (bicyclic) bond motifs is 7. The molecule has 0 aliphatic carbocycles. The summed E-state index contributed by atoms with van der Waals surface area (Å²) in [6, 6.07) is 91.9. The molecule has 0 unspecified atom stereocenters. The normalized spacial score (nSPS) is 11.6. The molecule has 11 aromatic carbocycles. The maximum absolute atomic E-state index is 6.26. The molecule has 0 saturated carbocycles. The number of rotatable bonds is 8. The number of para-hydroxylation sites is 3. The summed E-state index contributed by atoms with van der Waals surface area (Å²) in [4.78, 5) is 2.36. The second-order valence-corrected chi connectivity index (χ2v) is 17.3. The van der Waals surface area contributed by atoms with Crippen LogP contribution in [0.1, 0.15) is 0 Å². The van der Waals surface area contributed by atoms with Crippen LogP contribution in [0.15, 0.2) is 259 Å². The van der Waals surface area contributed by atoms with Crippen molar-refractivity contribution in [3.8, 4) is 50.2 Å². The second-order valence-electron chi connectivity index (χ2n) is 17.3. The van der Waals surface area contributed by atoms with Crippen LogP contribution in [0.3, 0.4) is 0 Å². The maximum Gasteiger partial charge on any atom is 0.136 e. The van der Waals surface area contributed by atoms with Gasteiger partial charge in [-0.15, -0.1) is 0 Å². The van der Waals surface area contributed by atoms with Crippen molar-refractivity contribution in [2.24, 2.45) is 0 Å². The number of hydrogen-bond acceptors (Lipinski definition) is 2. The highest BCUT2D eigenvalue weighted by molar-refractivity contribution is 6.12. The van der Waals surface area contributed by atoms with E-state index in [2.05, 4.69) is 252 Å². The van der Waals surface area contributed by atoms with Crippen molar-refractivity contribution < 1.29 is 4.42 Å². The monoisotopic (exact) mass is 854 g/mol. The molecule has 0 aliphatic heterocycles. The Morgan fingerprint density at radius 3 is 1.45 bits per heavy atom. The van der Waals surface area contributed by atoms with E-state index in [1.165, 1.54) is 60.4 Å². The molecule has 0 aliphatic rings. The summed E-state index contributed by atoms with van der Waals surface area (Å²) in [5, 5.41) is 7.29. The fourth-order valence-electron chi connectivity index (χ4n) is 10.2. The molecular weight excluding hydrogens is 813 g/mol. The van der Waals surface area contributed by atoms with Gasteiger partial charge >= 0.3 is 0 Å². The first kappa shape index (κ1) is 38.5. The van der Waals surface area contributed by atoms with E-state index in [0.717, 1.165) is 61.4 Å². The molecule has 2 heterocycles. The second kappa shape index (κ2) is 16.0. The van der Waals surface area contributed by atoms with Gasteiger partial charge in [-0.2, -0.15) is 0 Å². The predicted octanol–water partition coefficient (Wildman–Crippen LogP) is 18.0. The summed E-state index contributed by atoms with van der Waals surface area (Å²) in [6.07, 6.45) is 0. The molecule has 2 aromatic heterocycles. The highest BCUT2D eigenvalue weighted by Gasteiger charge is 2.18. The molecule has 0 N–H and O–H groups in total. The minimum Gasteiger partial charge on any atom is -0.456 e. The molecule has 0 radical (unpaired) electrons. The van der Waals surface area contributed by atoms with Crippen molar-refractivity contribution >= 4 is 71.6 Å². The molecule has 0 amide bonds. The van der Waals surface area contributed by atoms with Crippen molar-refractivity contribution in [2.75, 3.05) is 4.90 Å². The molecule has 0 saturated heterocycles. The quantitative estimate of drug-likeness (QED) is 0.152. The third-order valence-corrected chi connectivity index (χ3v) is 13.4. The van der Waals surface area contributed by atoms with Crippen molar-refractivity contribution in [2.45, 2.75) is 0 Å². The first-order chi connectivity index (χ1) is 33.2. The van der Waals surface area contributed by atoms with Crippen LogP contribution in [-0.4, -0.2) is 4.57 Å². The molecule has 314 valence electrons. The Balaban J connectivity index is 0.834. The third kappa shape index (κ3) is 6.67. The minimum atomic E-state index is 0.898. The summed E-state index contributed by atoms with van der Waals surface area (Å²) in [7, 11) is 0. The van der Waals surface area contributed by atoms with Crippen LogP contribution < -0.4 is 4.90 Å². The van der Waals surface area contributed by atoms with E-state index < -0.39 is 0 Å². The van der Waals surface area contributed by atoms with Gasteiger partial charge in [0.1, 0.15) is 11.2 Å². The van der Waals surface area contributed by atoms with E-state index >= 15 is 0 Å². The summed E-state index contributed by atoms with van der Waals surface area (Å²) < 4.78 is 8.63. The van der Waals surface area contributed by atoms with Gasteiger partial charge in [-0.3, -0.25) is 0 Å². The van der Waals surface area contributed by atoms with E-state index in [1.807, 2.05) is 12.1 Å². The minimum absolute atomic E-state index is 0.898. The number of hydrogen-bond donors (Lipinski definition) is 0. The Hall–Kier alpha value is -8.92. The zero-order valence-electron chi connectivity index (χ0n) is 36.6. The fourth-order valence-corrected chi connectivity index (χ4v) is 10.2. The fraction of sp³-hybridized carbons (Fsp3) is 0. The number of furan rings is 1. The average molecular weight is 855 g/mol. The Kier molecular flexibility index (Phi) is 9.17. The van der Waals surface area contributed by atoms with Gasteiger partial charge in [-0.05, 0) is 128 Å². The third-order valence-electron chi connectivity index (χ3n) is 13.4. The predicted molar refractivity (Wildman–Crippen MR) is 282 cm³/mol. The van der Waals surface area contributed by atoms with Crippen molar-refractivity contribution in [3.05, 3.63) is 255 Å². The van der Waals surface area contributed by atoms with Crippen molar-refractivity contribution in [1.82, 2.24) is 4.57 Å². The van der Waals surface area contributed by atoms with E-state index in [4.69, 9.17) is 4.42 Å². The van der Waals surface area contributed by atoms with Crippen LogP contribution in [0.2, 0.25) is 0 Å². The molecule has 0 spiro atoms. The number of anilines is 3. The Bertz CT molecular complexity index is 3890. The number of benzene rings is 11. The van der Waals surface area contributed by atoms with Gasteiger partial charge in [0.2, 0.25) is 0 Å². The van der Waals surface area contributed by atoms with Crippen LogP contribution in [0.5, 0.6) is 0 Å². The summed E-state index contributed by atoms with van der Waals surface area (Å²) in [5.41, 5.74) is 18.0. The van der Waals surface area contributed by atoms with Crippen molar-refractivity contribution in [1.29, 1.82) is 0 Å². The van der Waals surface area contributed by atoms with Gasteiger partial charge < -0.3 is 13.9 Å². The van der Waals surface area contributed by atoms with E-state index in [-0.39, 0.29) is 0 Å². The summed E-state index contributed by atoms with van der Waals surface area (Å²) in [6.45, 7) is 0. The lowest BCUT2D eigenvalue weighted by Gasteiger charge is -2.26. The molecule has 3 heteroatoms. The zero-order chi connectivity index (χ0) is 44.3. The lowest BCUT2D eigenvalue weighted by Crippen LogP contribution is -2.10. The standard InChI is InChI=1S/C64H42N2O/c1-2-16-54-47(12-1)13-10-20-55(54)49-14-9-15-53(42-49)65(51-40-34-48(35-41-51)56-21-11-25-63-64(56)59-19-5-8-24-62(59)67-63)50-36-30-45(31-37-50)43-26-28-44(29-27-43)46-32-38-52(39-33-46)66-60-22-6-3-17-57(60)58-18-4-7-23-61(58)66/h1-42H. The maximum atomic E-state index is 6.26. The zero-order valence-corrected chi connectivity index (χ0v) is 36.6. The molecule has 13 aromatic rings. The lowest BCUT2D eigenvalue weighted by atomic mass is 9.97. The van der Waals surface area contributed by atoms with Crippen LogP contribution in [0.4, 0.5) is 17.1 Å². The highest BCUT2D eigenvalue weighted by atomic mass is 16.3. The van der Waals surface area contributed by atoms with Crippen LogP contribution in [0.25, 0.3) is 105 Å². The molecule has 0 bridgehead atoms. The van der Waals surface area contributed by atoms with E-state index in [0.29, 0.717) is 0 Å². The first-order valence-electron chi connectivity index (χ1n) is 22.9. The van der Waals surface area contributed by atoms with Gasteiger partial charge in [-0.1, -0.05) is 182 Å². The summed E-state index contributed by atoms with van der Waals surface area (Å²) in [5.74, 6) is 0. The lowest BCUT2D eigenvalue weighted by molar-refractivity contribution is 0.669. The van der Waals surface area contributed by atoms with Gasteiger partial charge in [0.15, 0.2) is 0 Å². The van der Waals surface area contributed by atoms with Crippen molar-refractivity contribution in [3.63, 3.8) is 0 Å². The molecule has 0 fully saturated rings. The Labute approximate surface area is 388 Å². The average Bonchev–Trinajstić information content (AvgIpc) is 3.95. The summed E-state index contributed by atoms with van der Waals surface area (Å²) >= 11 is 0. The van der Waals surface area contributed by atoms with Gasteiger partial charge in [-0.25, -0.2) is 0 Å².